The molecule has 0 aliphatic heterocycles. The molecule has 0 saturated carbocycles. The second-order valence-electron chi connectivity index (χ2n) is 8.40. The summed E-state index contributed by atoms with van der Waals surface area (Å²) in [5, 5.41) is 1.58. The first kappa shape index (κ1) is 33.3. The third-order valence-corrected chi connectivity index (χ3v) is 10.8. The number of ether oxygens (including phenoxy) is 2. The van der Waals surface area contributed by atoms with Crippen LogP contribution in [-0.4, -0.2) is 23.4 Å². The Morgan fingerprint density at radius 2 is 0.881 bits per heavy atom. The molecule has 0 spiro atoms. The van der Waals surface area contributed by atoms with Crippen LogP contribution >= 0.6 is 91.5 Å². The van der Waals surface area contributed by atoms with Crippen LogP contribution in [0, 0.1) is 0 Å². The van der Waals surface area contributed by atoms with Gasteiger partial charge in [0.15, 0.2) is 0 Å². The van der Waals surface area contributed by atoms with E-state index in [-0.39, 0.29) is 24.8 Å². The minimum Gasteiger partial charge on any atom is -0.425 e. The molecule has 218 valence electrons. The number of hydrogen-bond acceptors (Lipinski definition) is 8. The lowest BCUT2D eigenvalue weighted by atomic mass is 10.3. The monoisotopic (exact) mass is 714 g/mol. The van der Waals surface area contributed by atoms with Gasteiger partial charge in [-0.3, -0.25) is 9.59 Å². The molecule has 0 fully saturated rings. The lowest BCUT2D eigenvalue weighted by molar-refractivity contribution is -0.134. The molecule has 0 radical (unpaired) electrons. The zero-order valence-electron chi connectivity index (χ0n) is 21.7. The highest BCUT2D eigenvalue weighted by atomic mass is 35.5. The Balaban J connectivity index is 1.13. The first-order valence-electron chi connectivity index (χ1n) is 12.4. The van der Waals surface area contributed by atoms with Crippen molar-refractivity contribution in [3.8, 4) is 11.5 Å². The van der Waals surface area contributed by atoms with Crippen molar-refractivity contribution in [3.05, 3.63) is 105 Å². The molecule has 0 N–H and O–H groups in total. The number of halogens is 4. The van der Waals surface area contributed by atoms with Crippen molar-refractivity contribution >= 4 is 103 Å². The SMILES string of the molecule is O=C(CCSc1ccc(SSc2ccc(SCCC(=O)Oc3ccc(Cl)cc3Cl)cc2)cc1)Oc1ccc(Cl)cc1Cl. The summed E-state index contributed by atoms with van der Waals surface area (Å²) in [6, 6.07) is 25.9. The van der Waals surface area contributed by atoms with Crippen LogP contribution in [0.2, 0.25) is 20.1 Å². The van der Waals surface area contributed by atoms with Crippen LogP contribution in [0.3, 0.4) is 0 Å². The number of thioether (sulfide) groups is 2. The van der Waals surface area contributed by atoms with E-state index in [0.717, 1.165) is 19.6 Å². The smallest absolute Gasteiger partial charge is 0.312 e. The number of carbonyl (C=O) groups is 2. The highest BCUT2D eigenvalue weighted by molar-refractivity contribution is 8.76. The lowest BCUT2D eigenvalue weighted by Crippen LogP contribution is -2.09. The van der Waals surface area contributed by atoms with Gasteiger partial charge in [0.05, 0.1) is 22.9 Å². The van der Waals surface area contributed by atoms with Gasteiger partial charge in [-0.15, -0.1) is 23.5 Å². The standard InChI is InChI=1S/C30H22Cl4O4S4/c31-19-1-11-27(25(33)17-19)37-29(35)13-15-39-21-3-7-23(8-4-21)41-42-24-9-5-22(6-10-24)40-16-14-30(36)38-28-12-2-20(32)18-26(28)34/h1-12,17-18H,13-16H2. The highest BCUT2D eigenvalue weighted by Crippen LogP contribution is 2.38. The van der Waals surface area contributed by atoms with Gasteiger partial charge in [-0.25, -0.2) is 0 Å². The quantitative estimate of drug-likeness (QED) is 0.0587. The maximum Gasteiger partial charge on any atom is 0.312 e. The first-order valence-corrected chi connectivity index (χ1v) is 18.0. The number of esters is 2. The molecule has 0 heterocycles. The van der Waals surface area contributed by atoms with Crippen molar-refractivity contribution in [3.63, 3.8) is 0 Å². The van der Waals surface area contributed by atoms with E-state index in [1.54, 1.807) is 69.4 Å². The highest BCUT2D eigenvalue weighted by Gasteiger charge is 2.11. The van der Waals surface area contributed by atoms with Crippen molar-refractivity contribution < 1.29 is 19.1 Å². The van der Waals surface area contributed by atoms with E-state index in [4.69, 9.17) is 55.9 Å². The van der Waals surface area contributed by atoms with Crippen molar-refractivity contribution in [2.75, 3.05) is 11.5 Å². The van der Waals surface area contributed by atoms with Crippen LogP contribution in [0.5, 0.6) is 11.5 Å². The molecule has 42 heavy (non-hydrogen) atoms. The Morgan fingerprint density at radius 1 is 0.524 bits per heavy atom. The average Bonchev–Trinajstić information content (AvgIpc) is 2.96. The van der Waals surface area contributed by atoms with Crippen LogP contribution < -0.4 is 9.47 Å². The van der Waals surface area contributed by atoms with E-state index in [1.807, 2.05) is 24.3 Å². The molecule has 0 atom stereocenters. The molecule has 0 bridgehead atoms. The third-order valence-electron chi connectivity index (χ3n) is 5.27. The van der Waals surface area contributed by atoms with Crippen LogP contribution in [0.4, 0.5) is 0 Å². The Morgan fingerprint density at radius 3 is 1.24 bits per heavy atom. The molecule has 4 aromatic carbocycles. The molecule has 0 amide bonds. The summed E-state index contributed by atoms with van der Waals surface area (Å²) in [5.74, 6) is 1.11. The third kappa shape index (κ3) is 11.1. The molecular formula is C30H22Cl4O4S4. The van der Waals surface area contributed by atoms with Gasteiger partial charge in [-0.2, -0.15) is 0 Å². The van der Waals surface area contributed by atoms with Crippen molar-refractivity contribution in [2.24, 2.45) is 0 Å². The van der Waals surface area contributed by atoms with Crippen molar-refractivity contribution in [1.82, 2.24) is 0 Å². The number of rotatable bonds is 13. The topological polar surface area (TPSA) is 52.6 Å². The molecule has 4 rings (SSSR count). The fraction of sp³-hybridized carbons (Fsp3) is 0.133. The number of hydrogen-bond donors (Lipinski definition) is 0. The summed E-state index contributed by atoms with van der Waals surface area (Å²) < 4.78 is 10.6. The summed E-state index contributed by atoms with van der Waals surface area (Å²) >= 11 is 27.0. The van der Waals surface area contributed by atoms with Gasteiger partial charge in [-0.05, 0) is 84.9 Å². The van der Waals surface area contributed by atoms with E-state index in [1.165, 1.54) is 12.1 Å². The van der Waals surface area contributed by atoms with E-state index < -0.39 is 0 Å². The zero-order valence-corrected chi connectivity index (χ0v) is 28.0. The average molecular weight is 717 g/mol. The predicted octanol–water partition coefficient (Wildman–Crippen LogP) is 11.3. The minimum atomic E-state index is -0.346. The summed E-state index contributed by atoms with van der Waals surface area (Å²) in [5.41, 5.74) is 0. The molecule has 0 aromatic heterocycles. The van der Waals surface area contributed by atoms with Gasteiger partial charge in [-0.1, -0.05) is 68.0 Å². The number of carbonyl (C=O) groups excluding carboxylic acids is 2. The molecule has 0 saturated heterocycles. The van der Waals surface area contributed by atoms with Crippen LogP contribution in [-0.2, 0) is 9.59 Å². The molecule has 0 unspecified atom stereocenters. The van der Waals surface area contributed by atoms with Gasteiger partial charge < -0.3 is 9.47 Å². The fourth-order valence-electron chi connectivity index (χ4n) is 3.25. The summed E-state index contributed by atoms with van der Waals surface area (Å²) in [6.07, 6.45) is 0.513. The second-order valence-corrected chi connectivity index (χ2v) is 14.7. The molecular weight excluding hydrogens is 694 g/mol. The Labute approximate surface area is 280 Å². The van der Waals surface area contributed by atoms with E-state index in [0.29, 0.717) is 43.1 Å². The van der Waals surface area contributed by atoms with Crippen molar-refractivity contribution in [1.29, 1.82) is 0 Å². The maximum atomic E-state index is 12.1. The Hall–Kier alpha value is -1.62. The normalized spacial score (nSPS) is 10.9. The van der Waals surface area contributed by atoms with E-state index >= 15 is 0 Å². The molecule has 0 aliphatic carbocycles. The van der Waals surface area contributed by atoms with Crippen LogP contribution in [0.1, 0.15) is 12.8 Å². The summed E-state index contributed by atoms with van der Waals surface area (Å²) in [6.45, 7) is 0. The van der Waals surface area contributed by atoms with Gasteiger partial charge in [0.25, 0.3) is 0 Å². The van der Waals surface area contributed by atoms with E-state index in [9.17, 15) is 9.59 Å². The molecule has 4 aromatic rings. The minimum absolute atomic E-state index is 0.257. The van der Waals surface area contributed by atoms with Crippen LogP contribution in [0.15, 0.2) is 105 Å². The van der Waals surface area contributed by atoms with Gasteiger partial charge in [0.1, 0.15) is 11.5 Å². The van der Waals surface area contributed by atoms with E-state index in [2.05, 4.69) is 24.3 Å². The number of benzene rings is 4. The zero-order chi connectivity index (χ0) is 29.9. The lowest BCUT2D eigenvalue weighted by Gasteiger charge is -2.07. The largest absolute Gasteiger partial charge is 0.425 e. The fourth-order valence-corrected chi connectivity index (χ4v) is 7.74. The predicted molar refractivity (Wildman–Crippen MR) is 179 cm³/mol. The molecule has 4 nitrogen and oxygen atoms in total. The van der Waals surface area contributed by atoms with Gasteiger partial charge in [0, 0.05) is 41.1 Å². The summed E-state index contributed by atoms with van der Waals surface area (Å²) in [4.78, 5) is 28.7. The molecule has 12 heteroatoms. The van der Waals surface area contributed by atoms with Gasteiger partial charge in [0.2, 0.25) is 0 Å². The molecule has 0 aliphatic rings. The van der Waals surface area contributed by atoms with Crippen molar-refractivity contribution in [2.45, 2.75) is 32.4 Å². The second kappa shape index (κ2) is 17.0. The van der Waals surface area contributed by atoms with Crippen LogP contribution in [0.25, 0.3) is 0 Å². The van der Waals surface area contributed by atoms with Gasteiger partial charge >= 0.3 is 11.9 Å². The first-order chi connectivity index (χ1) is 20.2. The Kier molecular flexibility index (Phi) is 13.5. The summed E-state index contributed by atoms with van der Waals surface area (Å²) in [7, 11) is 3.34. The maximum absolute atomic E-state index is 12.1. The Bertz CT molecular complexity index is 1400.